The molecular weight excluding hydrogens is 296 g/mol. The van der Waals surface area contributed by atoms with E-state index >= 15 is 0 Å². The van der Waals surface area contributed by atoms with Crippen LogP contribution >= 0.6 is 11.3 Å². The van der Waals surface area contributed by atoms with Crippen molar-refractivity contribution < 1.29 is 4.79 Å². The van der Waals surface area contributed by atoms with Crippen molar-refractivity contribution in [3.05, 3.63) is 11.1 Å². The number of carbonyl (C=O) groups is 1. The zero-order valence-corrected chi connectivity index (χ0v) is 14.7. The molecule has 22 heavy (non-hydrogen) atoms. The van der Waals surface area contributed by atoms with Crippen molar-refractivity contribution in [1.29, 1.82) is 0 Å². The predicted molar refractivity (Wildman–Crippen MR) is 91.8 cm³/mol. The van der Waals surface area contributed by atoms with Crippen LogP contribution in [0.15, 0.2) is 6.20 Å². The van der Waals surface area contributed by atoms with Crippen LogP contribution in [-0.2, 0) is 11.3 Å². The number of nitrogens with two attached hydrogens (primary N) is 1. The topological polar surface area (TPSA) is 71.2 Å². The maximum Gasteiger partial charge on any atom is 0.228 e. The van der Waals surface area contributed by atoms with E-state index in [1.807, 2.05) is 13.1 Å². The lowest BCUT2D eigenvalue weighted by Gasteiger charge is -2.34. The molecule has 0 bridgehead atoms. The Morgan fingerprint density at radius 3 is 3.09 bits per heavy atom. The molecule has 0 spiro atoms. The van der Waals surface area contributed by atoms with Crippen LogP contribution in [0.25, 0.3) is 0 Å². The largest absolute Gasteiger partial charge is 0.327 e. The third kappa shape index (κ3) is 4.76. The van der Waals surface area contributed by atoms with Gasteiger partial charge in [0, 0.05) is 42.7 Å². The number of nitrogens with zero attached hydrogens (tertiary/aromatic N) is 2. The quantitative estimate of drug-likeness (QED) is 0.844. The van der Waals surface area contributed by atoms with Gasteiger partial charge in [0.25, 0.3) is 0 Å². The summed E-state index contributed by atoms with van der Waals surface area (Å²) in [7, 11) is 0. The van der Waals surface area contributed by atoms with Gasteiger partial charge < -0.3 is 11.1 Å². The van der Waals surface area contributed by atoms with Crippen LogP contribution in [0.5, 0.6) is 0 Å². The number of hydrogen-bond acceptors (Lipinski definition) is 5. The molecule has 1 aliphatic rings. The van der Waals surface area contributed by atoms with E-state index in [0.717, 1.165) is 38.9 Å². The summed E-state index contributed by atoms with van der Waals surface area (Å²) in [6.45, 7) is 9.24. The van der Waals surface area contributed by atoms with Crippen molar-refractivity contribution in [2.24, 2.45) is 17.6 Å². The van der Waals surface area contributed by atoms with Crippen molar-refractivity contribution in [3.63, 3.8) is 0 Å². The molecule has 1 saturated heterocycles. The van der Waals surface area contributed by atoms with Crippen LogP contribution in [0, 0.1) is 11.8 Å². The molecule has 1 aromatic heterocycles. The van der Waals surface area contributed by atoms with Crippen LogP contribution in [0.3, 0.4) is 0 Å². The monoisotopic (exact) mass is 324 g/mol. The first-order chi connectivity index (χ1) is 10.5. The van der Waals surface area contributed by atoms with E-state index in [1.54, 1.807) is 11.3 Å². The number of likely N-dealkylation sites (tertiary alicyclic amines) is 1. The molecular formula is C16H28N4OS. The van der Waals surface area contributed by atoms with Crippen molar-refractivity contribution >= 4 is 22.4 Å². The van der Waals surface area contributed by atoms with Crippen LogP contribution in [0.1, 0.15) is 44.9 Å². The van der Waals surface area contributed by atoms with E-state index in [0.29, 0.717) is 17.1 Å². The second-order valence-corrected chi connectivity index (χ2v) is 7.59. The standard InChI is InChI=1S/C16H28N4OS/c1-4-5-11(2)15(21)19-16-18-8-13(22-16)10-20-7-6-14(17)12(3)9-20/h8,11-12,14H,4-7,9-10,17H2,1-3H3,(H,18,19,21). The third-order valence-electron chi connectivity index (χ3n) is 4.39. The summed E-state index contributed by atoms with van der Waals surface area (Å²) in [5, 5.41) is 3.64. The Hall–Kier alpha value is -0.980. The van der Waals surface area contributed by atoms with Crippen molar-refractivity contribution in [3.8, 4) is 0 Å². The van der Waals surface area contributed by atoms with E-state index < -0.39 is 0 Å². The molecule has 1 aromatic rings. The molecule has 3 atom stereocenters. The van der Waals surface area contributed by atoms with Gasteiger partial charge in [0.1, 0.15) is 0 Å². The van der Waals surface area contributed by atoms with Crippen LogP contribution in [0.2, 0.25) is 0 Å². The Bertz CT molecular complexity index is 490. The SMILES string of the molecule is CCCC(C)C(=O)Nc1ncc(CN2CCC(N)C(C)C2)s1. The average molecular weight is 324 g/mol. The minimum absolute atomic E-state index is 0.0433. The number of thiazole rings is 1. The smallest absolute Gasteiger partial charge is 0.228 e. The van der Waals surface area contributed by atoms with Crippen LogP contribution < -0.4 is 11.1 Å². The molecule has 1 amide bonds. The van der Waals surface area contributed by atoms with Gasteiger partial charge in [-0.3, -0.25) is 9.69 Å². The highest BCUT2D eigenvalue weighted by Crippen LogP contribution is 2.23. The molecule has 3 unspecified atom stereocenters. The number of amides is 1. The summed E-state index contributed by atoms with van der Waals surface area (Å²) in [6.07, 6.45) is 4.87. The Morgan fingerprint density at radius 2 is 2.41 bits per heavy atom. The minimum atomic E-state index is 0.0433. The van der Waals surface area contributed by atoms with Gasteiger partial charge in [0.2, 0.25) is 5.91 Å². The summed E-state index contributed by atoms with van der Waals surface area (Å²) < 4.78 is 0. The zero-order chi connectivity index (χ0) is 16.1. The zero-order valence-electron chi connectivity index (χ0n) is 13.8. The molecule has 124 valence electrons. The van der Waals surface area contributed by atoms with E-state index in [-0.39, 0.29) is 11.8 Å². The number of nitrogens with one attached hydrogen (secondary N) is 1. The molecule has 1 aliphatic heterocycles. The highest BCUT2D eigenvalue weighted by atomic mass is 32.1. The van der Waals surface area contributed by atoms with Gasteiger partial charge in [0.15, 0.2) is 5.13 Å². The molecule has 0 radical (unpaired) electrons. The maximum atomic E-state index is 12.0. The van der Waals surface area contributed by atoms with Crippen LogP contribution in [-0.4, -0.2) is 34.9 Å². The van der Waals surface area contributed by atoms with Gasteiger partial charge in [-0.05, 0) is 18.8 Å². The Morgan fingerprint density at radius 1 is 1.64 bits per heavy atom. The molecule has 0 aromatic carbocycles. The molecule has 0 saturated carbocycles. The number of hydrogen-bond donors (Lipinski definition) is 2. The lowest BCUT2D eigenvalue weighted by atomic mass is 9.95. The molecule has 2 heterocycles. The fourth-order valence-electron chi connectivity index (χ4n) is 2.85. The molecule has 5 nitrogen and oxygen atoms in total. The first-order valence-electron chi connectivity index (χ1n) is 8.23. The third-order valence-corrected chi connectivity index (χ3v) is 5.29. The second-order valence-electron chi connectivity index (χ2n) is 6.48. The van der Waals surface area contributed by atoms with Crippen molar-refractivity contribution in [2.45, 2.75) is 52.6 Å². The highest BCUT2D eigenvalue weighted by molar-refractivity contribution is 7.15. The second kappa shape index (κ2) is 8.04. The minimum Gasteiger partial charge on any atom is -0.327 e. The summed E-state index contributed by atoms with van der Waals surface area (Å²) in [4.78, 5) is 20.0. The highest BCUT2D eigenvalue weighted by Gasteiger charge is 2.23. The molecule has 6 heteroatoms. The summed E-state index contributed by atoms with van der Waals surface area (Å²) >= 11 is 1.58. The average Bonchev–Trinajstić information content (AvgIpc) is 2.90. The first-order valence-corrected chi connectivity index (χ1v) is 9.04. The lowest BCUT2D eigenvalue weighted by Crippen LogP contribution is -2.45. The Balaban J connectivity index is 1.85. The van der Waals surface area contributed by atoms with E-state index in [2.05, 4.69) is 29.0 Å². The normalized spacial score (nSPS) is 24.2. The number of aromatic nitrogens is 1. The Labute approximate surface area is 137 Å². The number of anilines is 1. The molecule has 2 rings (SSSR count). The van der Waals surface area contributed by atoms with Gasteiger partial charge >= 0.3 is 0 Å². The fraction of sp³-hybridized carbons (Fsp3) is 0.750. The number of piperidine rings is 1. The first kappa shape index (κ1) is 17.4. The van der Waals surface area contributed by atoms with Gasteiger partial charge in [-0.15, -0.1) is 11.3 Å². The lowest BCUT2D eigenvalue weighted by molar-refractivity contribution is -0.119. The van der Waals surface area contributed by atoms with Crippen LogP contribution in [0.4, 0.5) is 5.13 Å². The number of carbonyl (C=O) groups excluding carboxylic acids is 1. The van der Waals surface area contributed by atoms with Crippen molar-refractivity contribution in [1.82, 2.24) is 9.88 Å². The molecule has 1 fully saturated rings. The van der Waals surface area contributed by atoms with Gasteiger partial charge in [-0.25, -0.2) is 4.98 Å². The Kier molecular flexibility index (Phi) is 6.35. The summed E-state index contributed by atoms with van der Waals surface area (Å²) in [5.74, 6) is 0.651. The van der Waals surface area contributed by atoms with Crippen molar-refractivity contribution in [2.75, 3.05) is 18.4 Å². The van der Waals surface area contributed by atoms with E-state index in [9.17, 15) is 4.79 Å². The summed E-state index contributed by atoms with van der Waals surface area (Å²) in [6, 6.07) is 0.326. The van der Waals surface area contributed by atoms with Gasteiger partial charge in [-0.2, -0.15) is 0 Å². The van der Waals surface area contributed by atoms with E-state index in [4.69, 9.17) is 5.73 Å². The van der Waals surface area contributed by atoms with E-state index in [1.165, 1.54) is 4.88 Å². The molecule has 3 N–H and O–H groups in total. The summed E-state index contributed by atoms with van der Waals surface area (Å²) in [5.41, 5.74) is 6.06. The fourth-order valence-corrected chi connectivity index (χ4v) is 3.70. The van der Waals surface area contributed by atoms with Gasteiger partial charge in [-0.1, -0.05) is 27.2 Å². The molecule has 0 aliphatic carbocycles. The van der Waals surface area contributed by atoms with Gasteiger partial charge in [0.05, 0.1) is 0 Å². The predicted octanol–water partition coefficient (Wildman–Crippen LogP) is 2.69. The number of rotatable bonds is 6. The maximum absolute atomic E-state index is 12.0.